The van der Waals surface area contributed by atoms with Crippen molar-refractivity contribution in [3.8, 4) is 0 Å². The van der Waals surface area contributed by atoms with Gasteiger partial charge in [0.05, 0.1) is 30.0 Å². The average Bonchev–Trinajstić information content (AvgIpc) is 2.18. The van der Waals surface area contributed by atoms with Gasteiger partial charge in [-0.15, -0.1) is 0 Å². The van der Waals surface area contributed by atoms with Crippen molar-refractivity contribution in [2.75, 3.05) is 13.2 Å². The second-order valence-electron chi connectivity index (χ2n) is 8.55. The maximum atomic E-state index is 6.32. The lowest BCUT2D eigenvalue weighted by Crippen LogP contribution is -2.50. The van der Waals surface area contributed by atoms with Crippen molar-refractivity contribution < 1.29 is 14.2 Å². The second-order valence-corrected chi connectivity index (χ2v) is 8.55. The summed E-state index contributed by atoms with van der Waals surface area (Å²) in [5.41, 5.74) is -0.982. The van der Waals surface area contributed by atoms with Crippen LogP contribution in [0.4, 0.5) is 0 Å². The van der Waals surface area contributed by atoms with Crippen molar-refractivity contribution in [3.63, 3.8) is 0 Å². The minimum atomic E-state index is -0.404. The predicted octanol–water partition coefficient (Wildman–Crippen LogP) is 4.58. The van der Waals surface area contributed by atoms with Gasteiger partial charge in [-0.05, 0) is 68.7 Å². The fourth-order valence-electron chi connectivity index (χ4n) is 1.72. The van der Waals surface area contributed by atoms with E-state index in [1.54, 1.807) is 0 Å². The van der Waals surface area contributed by atoms with E-state index in [1.807, 2.05) is 0 Å². The van der Waals surface area contributed by atoms with E-state index in [0.29, 0.717) is 13.2 Å². The lowest BCUT2D eigenvalue weighted by Gasteiger charge is -2.41. The maximum Gasteiger partial charge on any atom is 0.115 e. The predicted molar refractivity (Wildman–Crippen MR) is 85.3 cm³/mol. The molecule has 0 saturated heterocycles. The summed E-state index contributed by atoms with van der Waals surface area (Å²) in [4.78, 5) is 0. The molecule has 3 heteroatoms. The molecule has 0 rings (SSSR count). The van der Waals surface area contributed by atoms with E-state index in [9.17, 15) is 0 Å². The van der Waals surface area contributed by atoms with Gasteiger partial charge in [0.25, 0.3) is 0 Å². The third-order valence-electron chi connectivity index (χ3n) is 2.70. The first-order chi connectivity index (χ1) is 8.68. The van der Waals surface area contributed by atoms with Crippen LogP contribution in [0.25, 0.3) is 0 Å². The third-order valence-corrected chi connectivity index (χ3v) is 2.70. The Bertz CT molecular complexity index is 258. The van der Waals surface area contributed by atoms with E-state index in [-0.39, 0.29) is 16.8 Å². The van der Waals surface area contributed by atoms with Gasteiger partial charge in [0.15, 0.2) is 0 Å². The largest absolute Gasteiger partial charge is 0.373 e. The minimum Gasteiger partial charge on any atom is -0.373 e. The van der Waals surface area contributed by atoms with Gasteiger partial charge in [-0.2, -0.15) is 0 Å². The van der Waals surface area contributed by atoms with Crippen LogP contribution in [0.3, 0.4) is 0 Å². The van der Waals surface area contributed by atoms with Crippen molar-refractivity contribution in [2.24, 2.45) is 0 Å². The Morgan fingerprint density at radius 1 is 0.600 bits per heavy atom. The molecule has 0 atom stereocenters. The summed E-state index contributed by atoms with van der Waals surface area (Å²) in [6, 6.07) is 0. The fourth-order valence-corrected chi connectivity index (χ4v) is 1.72. The van der Waals surface area contributed by atoms with Crippen LogP contribution in [-0.2, 0) is 14.2 Å². The molecule has 0 aliphatic heterocycles. The Labute approximate surface area is 126 Å². The molecule has 0 aliphatic rings. The number of hydrogen-bond donors (Lipinski definition) is 0. The van der Waals surface area contributed by atoms with Crippen LogP contribution in [0.15, 0.2) is 0 Å². The van der Waals surface area contributed by atoms with Gasteiger partial charge in [-0.3, -0.25) is 0 Å². The molecule has 0 aromatic heterocycles. The highest BCUT2D eigenvalue weighted by atomic mass is 16.6. The summed E-state index contributed by atoms with van der Waals surface area (Å²) in [6.45, 7) is 21.8. The molecule has 0 spiro atoms. The number of ether oxygens (including phenoxy) is 3. The molecule has 0 saturated carbocycles. The van der Waals surface area contributed by atoms with Crippen LogP contribution < -0.4 is 0 Å². The van der Waals surface area contributed by atoms with Gasteiger partial charge in [0, 0.05) is 0 Å². The standard InChI is InChI=1S/C17H36O3/c1-11-17(20-16(8,9)10,12-18-14(2,3)4)13-19-15(5,6)7/h11-13H2,1-10H3. The van der Waals surface area contributed by atoms with E-state index in [0.717, 1.165) is 6.42 Å². The zero-order valence-corrected chi connectivity index (χ0v) is 15.3. The molecule has 20 heavy (non-hydrogen) atoms. The summed E-state index contributed by atoms with van der Waals surface area (Å²) < 4.78 is 18.3. The Morgan fingerprint density at radius 2 is 0.950 bits per heavy atom. The fraction of sp³-hybridized carbons (Fsp3) is 1.00. The highest BCUT2D eigenvalue weighted by molar-refractivity contribution is 4.85. The van der Waals surface area contributed by atoms with Gasteiger partial charge in [0.2, 0.25) is 0 Å². The highest BCUT2D eigenvalue weighted by Crippen LogP contribution is 2.28. The van der Waals surface area contributed by atoms with Crippen LogP contribution >= 0.6 is 0 Å². The van der Waals surface area contributed by atoms with Crippen molar-refractivity contribution in [2.45, 2.75) is 98.1 Å². The summed E-state index contributed by atoms with van der Waals surface area (Å²) >= 11 is 0. The smallest absolute Gasteiger partial charge is 0.115 e. The Kier molecular flexibility index (Phi) is 6.72. The maximum absolute atomic E-state index is 6.32. The van der Waals surface area contributed by atoms with Gasteiger partial charge >= 0.3 is 0 Å². The summed E-state index contributed by atoms with van der Waals surface area (Å²) in [5.74, 6) is 0. The summed E-state index contributed by atoms with van der Waals surface area (Å²) in [5, 5.41) is 0. The van der Waals surface area contributed by atoms with Crippen molar-refractivity contribution >= 4 is 0 Å². The van der Waals surface area contributed by atoms with Crippen LogP contribution in [0, 0.1) is 0 Å². The van der Waals surface area contributed by atoms with E-state index >= 15 is 0 Å². The quantitative estimate of drug-likeness (QED) is 0.716. The molecule has 122 valence electrons. The zero-order valence-electron chi connectivity index (χ0n) is 15.3. The molecule has 0 unspecified atom stereocenters. The normalized spacial score (nSPS) is 14.7. The molecule has 0 fully saturated rings. The van der Waals surface area contributed by atoms with Gasteiger partial charge < -0.3 is 14.2 Å². The third kappa shape index (κ3) is 9.73. The van der Waals surface area contributed by atoms with Gasteiger partial charge in [-0.25, -0.2) is 0 Å². The van der Waals surface area contributed by atoms with Crippen molar-refractivity contribution in [1.29, 1.82) is 0 Å². The topological polar surface area (TPSA) is 27.7 Å². The second kappa shape index (κ2) is 6.76. The lowest BCUT2D eigenvalue weighted by molar-refractivity contribution is -0.216. The van der Waals surface area contributed by atoms with Crippen molar-refractivity contribution in [3.05, 3.63) is 0 Å². The molecule has 0 heterocycles. The van der Waals surface area contributed by atoms with E-state index in [4.69, 9.17) is 14.2 Å². The monoisotopic (exact) mass is 288 g/mol. The van der Waals surface area contributed by atoms with E-state index < -0.39 is 5.60 Å². The zero-order chi connectivity index (χ0) is 16.2. The van der Waals surface area contributed by atoms with Crippen LogP contribution in [0.2, 0.25) is 0 Å². The van der Waals surface area contributed by atoms with E-state index in [1.165, 1.54) is 0 Å². The Morgan fingerprint density at radius 3 is 1.15 bits per heavy atom. The van der Waals surface area contributed by atoms with Crippen LogP contribution in [-0.4, -0.2) is 35.6 Å². The minimum absolute atomic E-state index is 0.177. The highest BCUT2D eigenvalue weighted by Gasteiger charge is 2.37. The molecular formula is C17H36O3. The number of rotatable bonds is 6. The molecule has 0 N–H and O–H groups in total. The van der Waals surface area contributed by atoms with Crippen LogP contribution in [0.1, 0.15) is 75.7 Å². The molecule has 0 aromatic carbocycles. The average molecular weight is 288 g/mol. The first kappa shape index (κ1) is 19.9. The molecule has 3 nitrogen and oxygen atoms in total. The molecule has 0 aliphatic carbocycles. The first-order valence-electron chi connectivity index (χ1n) is 7.66. The Hall–Kier alpha value is -0.120. The first-order valence-corrected chi connectivity index (χ1v) is 7.66. The molecule has 0 radical (unpaired) electrons. The molecule has 0 aromatic rings. The summed E-state index contributed by atoms with van der Waals surface area (Å²) in [7, 11) is 0. The summed E-state index contributed by atoms with van der Waals surface area (Å²) in [6.07, 6.45) is 0.858. The molecule has 0 amide bonds. The van der Waals surface area contributed by atoms with E-state index in [2.05, 4.69) is 69.2 Å². The van der Waals surface area contributed by atoms with Crippen LogP contribution in [0.5, 0.6) is 0 Å². The number of hydrogen-bond acceptors (Lipinski definition) is 3. The van der Waals surface area contributed by atoms with Gasteiger partial charge in [0.1, 0.15) is 5.60 Å². The molecular weight excluding hydrogens is 252 g/mol. The lowest BCUT2D eigenvalue weighted by atomic mass is 9.99. The van der Waals surface area contributed by atoms with Crippen molar-refractivity contribution in [1.82, 2.24) is 0 Å². The Balaban J connectivity index is 4.97. The van der Waals surface area contributed by atoms with Gasteiger partial charge in [-0.1, -0.05) is 6.92 Å². The molecule has 0 bridgehead atoms. The SMILES string of the molecule is CCC(COC(C)(C)C)(COC(C)(C)C)OC(C)(C)C.